The molecule has 0 radical (unpaired) electrons. The molecule has 10 heavy (non-hydrogen) atoms. The Labute approximate surface area is 59.9 Å². The molecular weight excluding hydrogens is 132 g/mol. The first kappa shape index (κ1) is 11.3. The van der Waals surface area contributed by atoms with Crippen molar-refractivity contribution in [3.63, 3.8) is 0 Å². The lowest BCUT2D eigenvalue weighted by Gasteiger charge is -1.81. The van der Waals surface area contributed by atoms with Gasteiger partial charge < -0.3 is 9.84 Å². The average Bonchev–Trinajstić information content (AvgIpc) is 1.89. The summed E-state index contributed by atoms with van der Waals surface area (Å²) in [7, 11) is 0. The van der Waals surface area contributed by atoms with E-state index in [0.717, 1.165) is 6.26 Å². The quantitative estimate of drug-likeness (QED) is 0.365. The van der Waals surface area contributed by atoms with Crippen LogP contribution in [0.5, 0.6) is 0 Å². The van der Waals surface area contributed by atoms with Gasteiger partial charge in [0.2, 0.25) is 0 Å². The smallest absolute Gasteiger partial charge is 0.449 e. The van der Waals surface area contributed by atoms with Crippen LogP contribution in [0.4, 0.5) is 4.79 Å². The van der Waals surface area contributed by atoms with Crippen molar-refractivity contribution >= 4 is 6.16 Å². The molecule has 3 nitrogen and oxygen atoms in total. The van der Waals surface area contributed by atoms with Crippen molar-refractivity contribution in [1.82, 2.24) is 0 Å². The Balaban J connectivity index is 0. The van der Waals surface area contributed by atoms with Crippen LogP contribution in [0, 0.1) is 0 Å². The molecule has 0 amide bonds. The molecule has 0 unspecified atom stereocenters. The second-order valence-electron chi connectivity index (χ2n) is 1.02. The van der Waals surface area contributed by atoms with E-state index in [1.54, 1.807) is 12.2 Å². The number of carboxylic acid groups (broad SMARTS) is 1. The van der Waals surface area contributed by atoms with Gasteiger partial charge in [-0.25, -0.2) is 4.79 Å². The van der Waals surface area contributed by atoms with Crippen LogP contribution < -0.4 is 0 Å². The minimum absolute atomic E-state index is 0.850. The third-order valence-corrected chi connectivity index (χ3v) is 0.351. The van der Waals surface area contributed by atoms with Gasteiger partial charge in [0.15, 0.2) is 0 Å². The van der Waals surface area contributed by atoms with Gasteiger partial charge in [-0.1, -0.05) is 31.9 Å². The first-order valence-corrected chi connectivity index (χ1v) is 2.43. The fourth-order valence-corrected chi connectivity index (χ4v) is 0.0713. The summed E-state index contributed by atoms with van der Waals surface area (Å²) in [5, 5.41) is 7.62. The zero-order valence-corrected chi connectivity index (χ0v) is 5.62. The first-order chi connectivity index (χ1) is 4.68. The zero-order valence-electron chi connectivity index (χ0n) is 5.62. The van der Waals surface area contributed by atoms with Crippen LogP contribution in [0.25, 0.3) is 0 Å². The molecule has 0 saturated heterocycles. The predicted molar refractivity (Wildman–Crippen MR) is 39.7 cm³/mol. The Hall–Kier alpha value is -1.51. The fourth-order valence-electron chi connectivity index (χ4n) is 0.0713. The van der Waals surface area contributed by atoms with Crippen LogP contribution in [-0.4, -0.2) is 11.3 Å². The van der Waals surface area contributed by atoms with Crippen LogP contribution in [0.15, 0.2) is 38.2 Å². The molecule has 3 heteroatoms. The van der Waals surface area contributed by atoms with E-state index in [1.807, 2.05) is 0 Å². The van der Waals surface area contributed by atoms with E-state index in [1.165, 1.54) is 0 Å². The topological polar surface area (TPSA) is 46.5 Å². The molecule has 0 bridgehead atoms. The van der Waals surface area contributed by atoms with Gasteiger partial charge in [-0.3, -0.25) is 0 Å². The molecule has 0 aliphatic rings. The minimum atomic E-state index is -1.33. The molecule has 0 saturated carbocycles. The maximum Gasteiger partial charge on any atom is 0.510 e. The molecule has 0 rings (SSSR count). The van der Waals surface area contributed by atoms with Gasteiger partial charge in [0.05, 0.1) is 6.26 Å². The van der Waals surface area contributed by atoms with Crippen molar-refractivity contribution in [2.24, 2.45) is 0 Å². The highest BCUT2D eigenvalue weighted by atomic mass is 16.7. The van der Waals surface area contributed by atoms with E-state index in [4.69, 9.17) is 5.11 Å². The molecule has 0 aromatic heterocycles. The van der Waals surface area contributed by atoms with E-state index in [-0.39, 0.29) is 0 Å². The number of hydrogen-bond donors (Lipinski definition) is 1. The van der Waals surface area contributed by atoms with Gasteiger partial charge in [-0.05, 0) is 0 Å². The van der Waals surface area contributed by atoms with Gasteiger partial charge >= 0.3 is 6.16 Å². The Morgan fingerprint density at radius 3 is 1.70 bits per heavy atom. The highest BCUT2D eigenvalue weighted by Gasteiger charge is 1.84. The van der Waals surface area contributed by atoms with Crippen molar-refractivity contribution in [1.29, 1.82) is 0 Å². The number of allylic oxidation sites excluding steroid dienone is 2. The Bertz CT molecular complexity index is 121. The van der Waals surface area contributed by atoms with Crippen molar-refractivity contribution in [3.8, 4) is 0 Å². The zero-order chi connectivity index (χ0) is 8.41. The number of ether oxygens (including phenoxy) is 1. The molecule has 0 spiro atoms. The summed E-state index contributed by atoms with van der Waals surface area (Å²) in [4.78, 5) is 9.31. The summed E-state index contributed by atoms with van der Waals surface area (Å²) >= 11 is 0. The molecule has 0 atom stereocenters. The van der Waals surface area contributed by atoms with Crippen LogP contribution in [-0.2, 0) is 4.74 Å². The van der Waals surface area contributed by atoms with Gasteiger partial charge in [-0.2, -0.15) is 0 Å². The van der Waals surface area contributed by atoms with Crippen molar-refractivity contribution < 1.29 is 14.6 Å². The van der Waals surface area contributed by atoms with E-state index < -0.39 is 6.16 Å². The SMILES string of the molecule is C=CC=C.C=COC(=O)O. The van der Waals surface area contributed by atoms with Gasteiger partial charge in [0.25, 0.3) is 0 Å². The fraction of sp³-hybridized carbons (Fsp3) is 0. The number of rotatable bonds is 2. The number of hydrogen-bond acceptors (Lipinski definition) is 2. The van der Waals surface area contributed by atoms with Crippen LogP contribution in [0.1, 0.15) is 0 Å². The maximum absolute atomic E-state index is 9.31. The Morgan fingerprint density at radius 1 is 1.30 bits per heavy atom. The maximum atomic E-state index is 9.31. The molecule has 0 aromatic carbocycles. The van der Waals surface area contributed by atoms with Gasteiger partial charge in [0, 0.05) is 0 Å². The third kappa shape index (κ3) is 31.5. The largest absolute Gasteiger partial charge is 0.510 e. The van der Waals surface area contributed by atoms with Crippen molar-refractivity contribution in [3.05, 3.63) is 38.2 Å². The van der Waals surface area contributed by atoms with Gasteiger partial charge in [-0.15, -0.1) is 0 Å². The van der Waals surface area contributed by atoms with E-state index in [9.17, 15) is 4.79 Å². The van der Waals surface area contributed by atoms with Crippen LogP contribution in [0.2, 0.25) is 0 Å². The summed E-state index contributed by atoms with van der Waals surface area (Å²) in [5.74, 6) is 0. The lowest BCUT2D eigenvalue weighted by molar-refractivity contribution is 0.128. The molecule has 0 fully saturated rings. The molecular formula is C7H10O3. The van der Waals surface area contributed by atoms with Crippen LogP contribution in [0.3, 0.4) is 0 Å². The van der Waals surface area contributed by atoms with E-state index in [2.05, 4.69) is 24.5 Å². The summed E-state index contributed by atoms with van der Waals surface area (Å²) in [6.07, 6.45) is 2.80. The monoisotopic (exact) mass is 142 g/mol. The average molecular weight is 142 g/mol. The standard InChI is InChI=1S/C4H6.C3H4O3/c1-3-4-2;1-2-6-3(4)5/h3-4H,1-2H2;2H,1H2,(H,4,5). The number of carbonyl (C=O) groups is 1. The molecule has 0 aromatic rings. The van der Waals surface area contributed by atoms with Gasteiger partial charge in [0.1, 0.15) is 0 Å². The second kappa shape index (κ2) is 10.5. The third-order valence-electron chi connectivity index (χ3n) is 0.351. The van der Waals surface area contributed by atoms with Crippen molar-refractivity contribution in [2.45, 2.75) is 0 Å². The molecule has 1 N–H and O–H groups in total. The van der Waals surface area contributed by atoms with Crippen molar-refractivity contribution in [2.75, 3.05) is 0 Å². The first-order valence-electron chi connectivity index (χ1n) is 2.43. The highest BCUT2D eigenvalue weighted by molar-refractivity contribution is 5.57. The minimum Gasteiger partial charge on any atom is -0.449 e. The normalized spacial score (nSPS) is 6.00. The summed E-state index contributed by atoms with van der Waals surface area (Å²) in [6, 6.07) is 0. The second-order valence-corrected chi connectivity index (χ2v) is 1.02. The Morgan fingerprint density at radius 2 is 1.70 bits per heavy atom. The molecule has 56 valence electrons. The van der Waals surface area contributed by atoms with E-state index >= 15 is 0 Å². The summed E-state index contributed by atoms with van der Waals surface area (Å²) in [5.41, 5.74) is 0. The molecule has 0 heterocycles. The molecule has 0 aliphatic heterocycles. The summed E-state index contributed by atoms with van der Waals surface area (Å²) < 4.78 is 3.72. The lowest BCUT2D eigenvalue weighted by atomic mass is 10.6. The Kier molecular flexibility index (Phi) is 11.8. The van der Waals surface area contributed by atoms with E-state index in [0.29, 0.717) is 0 Å². The van der Waals surface area contributed by atoms with Crippen LogP contribution >= 0.6 is 0 Å². The highest BCUT2D eigenvalue weighted by Crippen LogP contribution is 1.70. The summed E-state index contributed by atoms with van der Waals surface area (Å²) in [6.45, 7) is 9.72. The lowest BCUT2D eigenvalue weighted by Crippen LogP contribution is -1.89. The predicted octanol–water partition coefficient (Wildman–Crippen LogP) is 2.18. The molecule has 0 aliphatic carbocycles.